The lowest BCUT2D eigenvalue weighted by Crippen LogP contribution is -2.20. The van der Waals surface area contributed by atoms with Crippen molar-refractivity contribution >= 4 is 22.4 Å². The van der Waals surface area contributed by atoms with Crippen LogP contribution in [0.3, 0.4) is 0 Å². The third-order valence-electron chi connectivity index (χ3n) is 3.15. The summed E-state index contributed by atoms with van der Waals surface area (Å²) in [6.07, 6.45) is 3.10. The summed E-state index contributed by atoms with van der Waals surface area (Å²) in [7, 11) is 0. The molecule has 0 aliphatic heterocycles. The fourth-order valence-corrected chi connectivity index (χ4v) is 2.79. The predicted octanol–water partition coefficient (Wildman–Crippen LogP) is 3.52. The molecule has 118 valence electrons. The molecule has 1 aromatic carbocycles. The predicted molar refractivity (Wildman–Crippen MR) is 88.6 cm³/mol. The minimum Gasteiger partial charge on any atom is -0.483 e. The lowest BCUT2D eigenvalue weighted by molar-refractivity contribution is -0.118. The molecule has 22 heavy (non-hydrogen) atoms. The van der Waals surface area contributed by atoms with Crippen LogP contribution >= 0.6 is 11.3 Å². The van der Waals surface area contributed by atoms with Crippen molar-refractivity contribution in [1.82, 2.24) is 10.2 Å². The number of ether oxygens (including phenoxy) is 1. The summed E-state index contributed by atoms with van der Waals surface area (Å²) >= 11 is 1.42. The van der Waals surface area contributed by atoms with E-state index in [0.29, 0.717) is 5.13 Å². The topological polar surface area (TPSA) is 64.1 Å². The van der Waals surface area contributed by atoms with E-state index in [9.17, 15) is 4.79 Å². The molecule has 1 aromatic heterocycles. The Bertz CT molecular complexity index is 640. The highest BCUT2D eigenvalue weighted by atomic mass is 32.1. The van der Waals surface area contributed by atoms with Gasteiger partial charge in [-0.3, -0.25) is 10.1 Å². The molecule has 5 nitrogen and oxygen atoms in total. The van der Waals surface area contributed by atoms with Crippen molar-refractivity contribution in [2.75, 3.05) is 11.9 Å². The smallest absolute Gasteiger partial charge is 0.264 e. The molecule has 0 aliphatic rings. The van der Waals surface area contributed by atoms with Crippen LogP contribution in [0.15, 0.2) is 18.2 Å². The fourth-order valence-electron chi connectivity index (χ4n) is 1.99. The van der Waals surface area contributed by atoms with Gasteiger partial charge in [0.1, 0.15) is 10.8 Å². The number of anilines is 1. The van der Waals surface area contributed by atoms with Gasteiger partial charge >= 0.3 is 0 Å². The Kier molecular flexibility index (Phi) is 5.89. The van der Waals surface area contributed by atoms with Crippen molar-refractivity contribution in [3.63, 3.8) is 0 Å². The van der Waals surface area contributed by atoms with E-state index in [0.717, 1.165) is 35.6 Å². The lowest BCUT2D eigenvalue weighted by atomic mass is 10.1. The van der Waals surface area contributed by atoms with Crippen LogP contribution in [0.25, 0.3) is 0 Å². The molecule has 0 fully saturated rings. The second-order valence-electron chi connectivity index (χ2n) is 5.21. The fraction of sp³-hybridized carbons (Fsp3) is 0.438. The summed E-state index contributed by atoms with van der Waals surface area (Å²) in [5.74, 6) is 0.500. The first-order valence-electron chi connectivity index (χ1n) is 7.40. The van der Waals surface area contributed by atoms with Gasteiger partial charge in [0.05, 0.1) is 0 Å². The SMILES string of the molecule is CCCCc1nnc(NC(=O)COc2ccc(C)cc2C)s1. The minimum absolute atomic E-state index is 0.0340. The van der Waals surface area contributed by atoms with E-state index in [1.165, 1.54) is 16.9 Å². The van der Waals surface area contributed by atoms with Crippen molar-refractivity contribution < 1.29 is 9.53 Å². The number of nitrogens with zero attached hydrogens (tertiary/aromatic N) is 2. The molecule has 1 N–H and O–H groups in total. The summed E-state index contributed by atoms with van der Waals surface area (Å²) in [6, 6.07) is 5.87. The van der Waals surface area contributed by atoms with E-state index in [4.69, 9.17) is 4.74 Å². The van der Waals surface area contributed by atoms with Crippen LogP contribution < -0.4 is 10.1 Å². The van der Waals surface area contributed by atoms with Gasteiger partial charge in [-0.05, 0) is 31.9 Å². The maximum Gasteiger partial charge on any atom is 0.264 e. The van der Waals surface area contributed by atoms with Crippen LogP contribution in [0.4, 0.5) is 5.13 Å². The molecule has 0 radical (unpaired) electrons. The number of hydrogen-bond acceptors (Lipinski definition) is 5. The Morgan fingerprint density at radius 1 is 1.32 bits per heavy atom. The average molecular weight is 319 g/mol. The zero-order valence-electron chi connectivity index (χ0n) is 13.2. The zero-order valence-corrected chi connectivity index (χ0v) is 14.0. The van der Waals surface area contributed by atoms with Crippen molar-refractivity contribution in [3.8, 4) is 5.75 Å². The van der Waals surface area contributed by atoms with Crippen LogP contribution in [0.1, 0.15) is 35.9 Å². The normalized spacial score (nSPS) is 10.5. The lowest BCUT2D eigenvalue weighted by Gasteiger charge is -2.09. The summed E-state index contributed by atoms with van der Waals surface area (Å²) in [4.78, 5) is 11.9. The largest absolute Gasteiger partial charge is 0.483 e. The number of aryl methyl sites for hydroxylation is 3. The Balaban J connectivity index is 1.83. The van der Waals surface area contributed by atoms with Crippen LogP contribution in [-0.4, -0.2) is 22.7 Å². The molecule has 0 saturated heterocycles. The summed E-state index contributed by atoms with van der Waals surface area (Å²) < 4.78 is 5.54. The first-order valence-corrected chi connectivity index (χ1v) is 8.22. The Morgan fingerprint density at radius 2 is 2.14 bits per heavy atom. The Morgan fingerprint density at radius 3 is 2.86 bits per heavy atom. The van der Waals surface area contributed by atoms with E-state index in [-0.39, 0.29) is 12.5 Å². The highest BCUT2D eigenvalue weighted by molar-refractivity contribution is 7.15. The van der Waals surface area contributed by atoms with E-state index >= 15 is 0 Å². The van der Waals surface area contributed by atoms with Crippen molar-refractivity contribution in [2.24, 2.45) is 0 Å². The number of carbonyl (C=O) groups is 1. The quantitative estimate of drug-likeness (QED) is 0.848. The molecule has 2 aromatic rings. The van der Waals surface area contributed by atoms with Crippen LogP contribution in [0.2, 0.25) is 0 Å². The number of rotatable bonds is 7. The van der Waals surface area contributed by atoms with Gasteiger partial charge in [0.2, 0.25) is 5.13 Å². The third-order valence-corrected chi connectivity index (χ3v) is 4.05. The Labute approximate surface area is 134 Å². The first kappa shape index (κ1) is 16.4. The molecule has 2 rings (SSSR count). The molecular formula is C16H21N3O2S. The number of benzene rings is 1. The molecule has 0 atom stereocenters. The molecule has 0 spiro atoms. The first-order chi connectivity index (χ1) is 10.6. The van der Waals surface area contributed by atoms with Crippen LogP contribution in [0, 0.1) is 13.8 Å². The van der Waals surface area contributed by atoms with E-state index < -0.39 is 0 Å². The van der Waals surface area contributed by atoms with E-state index in [2.05, 4.69) is 22.4 Å². The molecular weight excluding hydrogens is 298 g/mol. The van der Waals surface area contributed by atoms with Gasteiger partial charge < -0.3 is 4.74 Å². The number of nitrogens with one attached hydrogen (secondary N) is 1. The molecule has 6 heteroatoms. The highest BCUT2D eigenvalue weighted by Crippen LogP contribution is 2.19. The molecule has 1 heterocycles. The minimum atomic E-state index is -0.224. The van der Waals surface area contributed by atoms with Crippen LogP contribution in [0.5, 0.6) is 5.75 Å². The maximum atomic E-state index is 11.9. The highest BCUT2D eigenvalue weighted by Gasteiger charge is 2.09. The number of carbonyl (C=O) groups excluding carboxylic acids is 1. The maximum absolute atomic E-state index is 11.9. The summed E-state index contributed by atoms with van der Waals surface area (Å²) in [5.41, 5.74) is 2.19. The van der Waals surface area contributed by atoms with Crippen molar-refractivity contribution in [1.29, 1.82) is 0 Å². The second-order valence-corrected chi connectivity index (χ2v) is 6.27. The Hall–Kier alpha value is -1.95. The molecule has 1 amide bonds. The van der Waals surface area contributed by atoms with Gasteiger partial charge in [-0.1, -0.05) is 42.4 Å². The van der Waals surface area contributed by atoms with Gasteiger partial charge in [-0.2, -0.15) is 0 Å². The van der Waals surface area contributed by atoms with Crippen LogP contribution in [-0.2, 0) is 11.2 Å². The van der Waals surface area contributed by atoms with Gasteiger partial charge in [0.15, 0.2) is 6.61 Å². The number of hydrogen-bond donors (Lipinski definition) is 1. The van der Waals surface area contributed by atoms with Crippen molar-refractivity contribution in [2.45, 2.75) is 40.0 Å². The van der Waals surface area contributed by atoms with Crippen molar-refractivity contribution in [3.05, 3.63) is 34.3 Å². The van der Waals surface area contributed by atoms with Gasteiger partial charge in [-0.25, -0.2) is 0 Å². The van der Waals surface area contributed by atoms with E-state index in [1.54, 1.807) is 0 Å². The summed E-state index contributed by atoms with van der Waals surface area (Å²) in [6.45, 7) is 6.09. The third kappa shape index (κ3) is 4.80. The summed E-state index contributed by atoms with van der Waals surface area (Å²) in [5, 5.41) is 12.2. The number of amides is 1. The monoisotopic (exact) mass is 319 g/mol. The van der Waals surface area contributed by atoms with Gasteiger partial charge in [0, 0.05) is 6.42 Å². The van der Waals surface area contributed by atoms with E-state index in [1.807, 2.05) is 32.0 Å². The zero-order chi connectivity index (χ0) is 15.9. The molecule has 0 unspecified atom stereocenters. The number of unbranched alkanes of at least 4 members (excludes halogenated alkanes) is 1. The number of aromatic nitrogens is 2. The standard InChI is InChI=1S/C16H21N3O2S/c1-4-5-6-15-18-19-16(22-15)17-14(20)10-21-13-8-7-11(2)9-12(13)3/h7-9H,4-6,10H2,1-3H3,(H,17,19,20). The average Bonchev–Trinajstić information content (AvgIpc) is 2.91. The molecule has 0 aliphatic carbocycles. The molecule has 0 saturated carbocycles. The van der Waals surface area contributed by atoms with Gasteiger partial charge in [0.25, 0.3) is 5.91 Å². The molecule has 0 bridgehead atoms. The second kappa shape index (κ2) is 7.89. The van der Waals surface area contributed by atoms with Gasteiger partial charge in [-0.15, -0.1) is 10.2 Å².